The molecule has 7 heteroatoms. The van der Waals surface area contributed by atoms with Crippen molar-refractivity contribution in [2.75, 3.05) is 20.3 Å². The molecular weight excluding hydrogens is 392 g/mol. The van der Waals surface area contributed by atoms with Crippen LogP contribution in [-0.2, 0) is 28.5 Å². The van der Waals surface area contributed by atoms with Crippen molar-refractivity contribution < 1.29 is 28.5 Å². The van der Waals surface area contributed by atoms with E-state index >= 15 is 0 Å². The number of ether oxygens (including phenoxy) is 5. The summed E-state index contributed by atoms with van der Waals surface area (Å²) in [5.41, 5.74) is 0. The van der Waals surface area contributed by atoms with Gasteiger partial charge in [0, 0.05) is 30.2 Å². The van der Waals surface area contributed by atoms with E-state index in [1.165, 1.54) is 13.2 Å². The number of hydrogen-bond acceptors (Lipinski definition) is 6. The van der Waals surface area contributed by atoms with Gasteiger partial charge in [-0.05, 0) is 34.1 Å². The lowest BCUT2D eigenvalue weighted by Gasteiger charge is -2.27. The first kappa shape index (κ1) is 24.3. The lowest BCUT2D eigenvalue weighted by Crippen LogP contribution is -2.30. The van der Waals surface area contributed by atoms with Gasteiger partial charge in [-0.2, -0.15) is 0 Å². The predicted molar refractivity (Wildman–Crippen MR) is 100 cm³/mol. The van der Waals surface area contributed by atoms with Crippen LogP contribution in [0.3, 0.4) is 0 Å². The summed E-state index contributed by atoms with van der Waals surface area (Å²) in [5, 5.41) is 0. The van der Waals surface area contributed by atoms with E-state index in [1.807, 2.05) is 27.7 Å². The molecule has 0 saturated heterocycles. The van der Waals surface area contributed by atoms with Gasteiger partial charge in [0.2, 0.25) is 0 Å². The number of rotatable bonds is 14. The van der Waals surface area contributed by atoms with Gasteiger partial charge in [0.1, 0.15) is 0 Å². The molecule has 0 fully saturated rings. The minimum atomic E-state index is -0.403. The fourth-order valence-electron chi connectivity index (χ4n) is 2.14. The van der Waals surface area contributed by atoms with E-state index in [0.717, 1.165) is 0 Å². The van der Waals surface area contributed by atoms with E-state index in [1.54, 1.807) is 6.08 Å². The molecule has 0 N–H and O–H groups in total. The molecular formula is C18H31BrO6. The molecule has 6 nitrogen and oxygen atoms in total. The predicted octanol–water partition coefficient (Wildman–Crippen LogP) is 3.94. The van der Waals surface area contributed by atoms with Crippen LogP contribution in [0.1, 0.15) is 40.5 Å². The highest BCUT2D eigenvalue weighted by molar-refractivity contribution is 9.11. The second kappa shape index (κ2) is 14.4. The summed E-state index contributed by atoms with van der Waals surface area (Å²) >= 11 is 3.39. The topological polar surface area (TPSA) is 63.2 Å². The lowest BCUT2D eigenvalue weighted by atomic mass is 10.1. The van der Waals surface area contributed by atoms with E-state index in [4.69, 9.17) is 18.9 Å². The third kappa shape index (κ3) is 12.3. The Morgan fingerprint density at radius 3 is 2.16 bits per heavy atom. The van der Waals surface area contributed by atoms with Crippen LogP contribution in [0, 0.1) is 0 Å². The Hall–Kier alpha value is -0.730. The highest BCUT2D eigenvalue weighted by atomic mass is 79.9. The molecule has 0 amide bonds. The summed E-state index contributed by atoms with van der Waals surface area (Å²) < 4.78 is 28.0. The summed E-state index contributed by atoms with van der Waals surface area (Å²) in [6, 6.07) is 0. The minimum absolute atomic E-state index is 0.226. The monoisotopic (exact) mass is 422 g/mol. The fraction of sp³-hybridized carbons (Fsp3) is 0.722. The van der Waals surface area contributed by atoms with Crippen LogP contribution in [0.4, 0.5) is 0 Å². The molecule has 0 radical (unpaired) electrons. The van der Waals surface area contributed by atoms with Crippen molar-refractivity contribution in [3.63, 3.8) is 0 Å². The molecule has 0 aliphatic rings. The van der Waals surface area contributed by atoms with Crippen LogP contribution in [0.25, 0.3) is 0 Å². The van der Waals surface area contributed by atoms with Gasteiger partial charge in [0.05, 0.1) is 19.3 Å². The number of carbonyl (C=O) groups is 1. The average molecular weight is 423 g/mol. The quantitative estimate of drug-likeness (QED) is 0.240. The van der Waals surface area contributed by atoms with E-state index in [9.17, 15) is 4.79 Å². The standard InChI is InChI=1S/C18H31BrO6/c1-7-22-14(4)24-16(10-9-11-18(20)21-6)12-17(13(3)19)25-15(5)23-8-2/h9,11,14-17H,3,7-8,10,12H2,1-2,4-6H3/b11-9-/t14?,15?,16-,17+/m1/s1. The molecule has 0 aromatic carbocycles. The second-order valence-corrected chi connectivity index (χ2v) is 6.29. The van der Waals surface area contributed by atoms with Crippen molar-refractivity contribution in [3.05, 3.63) is 23.2 Å². The normalized spacial score (nSPS) is 16.4. The van der Waals surface area contributed by atoms with Gasteiger partial charge in [0.15, 0.2) is 12.6 Å². The Bertz CT molecular complexity index is 412. The van der Waals surface area contributed by atoms with E-state index in [0.29, 0.717) is 30.5 Å². The Kier molecular flexibility index (Phi) is 14.0. The van der Waals surface area contributed by atoms with Crippen molar-refractivity contribution in [1.82, 2.24) is 0 Å². The Morgan fingerprint density at radius 1 is 1.12 bits per heavy atom. The van der Waals surface area contributed by atoms with Gasteiger partial charge in [-0.3, -0.25) is 0 Å². The second-order valence-electron chi connectivity index (χ2n) is 5.27. The highest BCUT2D eigenvalue weighted by Gasteiger charge is 2.22. The summed E-state index contributed by atoms with van der Waals surface area (Å²) in [5.74, 6) is -0.403. The maximum absolute atomic E-state index is 11.2. The maximum atomic E-state index is 11.2. The molecule has 146 valence electrons. The SMILES string of the molecule is C=C(Br)[C@H](C[C@@H](C/C=C\C(=O)OC)OC(C)OCC)OC(C)OCC. The average Bonchev–Trinajstić information content (AvgIpc) is 2.54. The summed E-state index contributed by atoms with van der Waals surface area (Å²) in [4.78, 5) is 11.2. The Labute approximate surface area is 159 Å². The molecule has 0 heterocycles. The van der Waals surface area contributed by atoms with Crippen molar-refractivity contribution in [1.29, 1.82) is 0 Å². The molecule has 25 heavy (non-hydrogen) atoms. The third-order valence-electron chi connectivity index (χ3n) is 3.22. The summed E-state index contributed by atoms with van der Waals surface area (Å²) in [7, 11) is 1.34. The van der Waals surface area contributed by atoms with Crippen LogP contribution >= 0.6 is 15.9 Å². The van der Waals surface area contributed by atoms with E-state index in [2.05, 4.69) is 27.2 Å². The summed E-state index contributed by atoms with van der Waals surface area (Å²) in [6.07, 6.45) is 2.89. The van der Waals surface area contributed by atoms with E-state index in [-0.39, 0.29) is 24.8 Å². The zero-order valence-corrected chi connectivity index (χ0v) is 17.4. The van der Waals surface area contributed by atoms with E-state index < -0.39 is 5.97 Å². The van der Waals surface area contributed by atoms with Gasteiger partial charge in [0.25, 0.3) is 0 Å². The number of carbonyl (C=O) groups excluding carboxylic acids is 1. The van der Waals surface area contributed by atoms with Crippen LogP contribution in [0.2, 0.25) is 0 Å². The van der Waals surface area contributed by atoms with Crippen molar-refractivity contribution in [3.8, 4) is 0 Å². The minimum Gasteiger partial charge on any atom is -0.466 e. The molecule has 0 spiro atoms. The molecule has 0 aliphatic heterocycles. The first-order valence-electron chi connectivity index (χ1n) is 8.46. The molecule has 0 rings (SSSR count). The number of methoxy groups -OCH3 is 1. The first-order chi connectivity index (χ1) is 11.8. The first-order valence-corrected chi connectivity index (χ1v) is 9.26. The largest absolute Gasteiger partial charge is 0.466 e. The van der Waals surface area contributed by atoms with Gasteiger partial charge in [-0.1, -0.05) is 28.6 Å². The maximum Gasteiger partial charge on any atom is 0.330 e. The zero-order valence-electron chi connectivity index (χ0n) is 15.8. The molecule has 0 aliphatic carbocycles. The zero-order chi connectivity index (χ0) is 19.2. The van der Waals surface area contributed by atoms with Crippen molar-refractivity contribution in [2.45, 2.75) is 65.3 Å². The molecule has 4 atom stereocenters. The molecule has 0 aromatic heterocycles. The Morgan fingerprint density at radius 2 is 1.68 bits per heavy atom. The molecule has 0 aromatic rings. The number of esters is 1. The van der Waals surface area contributed by atoms with Crippen molar-refractivity contribution in [2.24, 2.45) is 0 Å². The fourth-order valence-corrected chi connectivity index (χ4v) is 2.43. The smallest absolute Gasteiger partial charge is 0.330 e. The number of halogens is 1. The Balaban J connectivity index is 4.90. The van der Waals surface area contributed by atoms with Crippen LogP contribution in [0.15, 0.2) is 23.2 Å². The third-order valence-corrected chi connectivity index (χ3v) is 3.73. The van der Waals surface area contributed by atoms with Gasteiger partial charge >= 0.3 is 5.97 Å². The van der Waals surface area contributed by atoms with Crippen molar-refractivity contribution >= 4 is 21.9 Å². The van der Waals surface area contributed by atoms with Gasteiger partial charge in [-0.15, -0.1) is 0 Å². The molecule has 0 saturated carbocycles. The summed E-state index contributed by atoms with van der Waals surface area (Å²) in [6.45, 7) is 12.5. The van der Waals surface area contributed by atoms with Crippen LogP contribution < -0.4 is 0 Å². The number of hydrogen-bond donors (Lipinski definition) is 0. The lowest BCUT2D eigenvalue weighted by molar-refractivity contribution is -0.180. The highest BCUT2D eigenvalue weighted by Crippen LogP contribution is 2.23. The van der Waals surface area contributed by atoms with Crippen LogP contribution in [0.5, 0.6) is 0 Å². The van der Waals surface area contributed by atoms with Crippen LogP contribution in [-0.4, -0.2) is 51.1 Å². The molecule has 0 bridgehead atoms. The van der Waals surface area contributed by atoms with Gasteiger partial charge in [-0.25, -0.2) is 4.79 Å². The molecule has 2 unspecified atom stereocenters. The van der Waals surface area contributed by atoms with Gasteiger partial charge < -0.3 is 23.7 Å².